The molecule has 2 aromatic heterocycles. The van der Waals surface area contributed by atoms with Crippen molar-refractivity contribution in [3.8, 4) is 11.3 Å². The molecule has 1 fully saturated rings. The summed E-state index contributed by atoms with van der Waals surface area (Å²) < 4.78 is 6.06. The lowest BCUT2D eigenvalue weighted by atomic mass is 10.1. The number of amides is 2. The van der Waals surface area contributed by atoms with E-state index in [-0.39, 0.29) is 17.7 Å². The fraction of sp³-hybridized carbons (Fsp3) is 0.273. The van der Waals surface area contributed by atoms with Crippen molar-refractivity contribution < 1.29 is 14.0 Å². The van der Waals surface area contributed by atoms with Gasteiger partial charge in [-0.05, 0) is 54.6 Å². The maximum Gasteiger partial charge on any atom is 0.264 e. The minimum atomic E-state index is 0.0826. The standard InChI is InChI=1S/C22H20N2O3S/c25-21(15-3-4-15)23-17-7-5-14(6-8-17)19-12-16-13-24(10-9-18(16)27-19)22(26)20-2-1-11-28-20/h1-2,5-8,11-12,15H,3-4,9-10,13H2,(H,23,25). The molecule has 0 atom stereocenters. The number of furan rings is 1. The van der Waals surface area contributed by atoms with E-state index in [9.17, 15) is 9.59 Å². The number of nitrogens with one attached hydrogen (secondary N) is 1. The molecule has 2 amide bonds. The van der Waals surface area contributed by atoms with Gasteiger partial charge < -0.3 is 14.6 Å². The van der Waals surface area contributed by atoms with E-state index in [0.29, 0.717) is 13.1 Å². The van der Waals surface area contributed by atoms with Gasteiger partial charge in [0.15, 0.2) is 0 Å². The third kappa shape index (κ3) is 3.36. The zero-order valence-electron chi connectivity index (χ0n) is 15.3. The molecule has 1 N–H and O–H groups in total. The highest BCUT2D eigenvalue weighted by Gasteiger charge is 2.29. The molecule has 142 valence electrons. The van der Waals surface area contributed by atoms with E-state index in [1.165, 1.54) is 11.3 Å². The van der Waals surface area contributed by atoms with Gasteiger partial charge in [-0.2, -0.15) is 0 Å². The van der Waals surface area contributed by atoms with Gasteiger partial charge in [0.25, 0.3) is 5.91 Å². The molecule has 0 radical (unpaired) electrons. The summed E-state index contributed by atoms with van der Waals surface area (Å²) in [4.78, 5) is 27.1. The highest BCUT2D eigenvalue weighted by molar-refractivity contribution is 7.12. The average Bonchev–Trinajstić information content (AvgIpc) is 3.26. The van der Waals surface area contributed by atoms with Gasteiger partial charge in [0.1, 0.15) is 11.5 Å². The van der Waals surface area contributed by atoms with Crippen molar-refractivity contribution >= 4 is 28.8 Å². The molecule has 2 aliphatic rings. The van der Waals surface area contributed by atoms with Crippen LogP contribution < -0.4 is 5.32 Å². The number of thiophene rings is 1. The van der Waals surface area contributed by atoms with Gasteiger partial charge >= 0.3 is 0 Å². The van der Waals surface area contributed by atoms with Crippen LogP contribution in [-0.4, -0.2) is 23.3 Å². The molecule has 6 heteroatoms. The van der Waals surface area contributed by atoms with Crippen molar-refractivity contribution in [2.45, 2.75) is 25.8 Å². The predicted octanol–water partition coefficient (Wildman–Crippen LogP) is 4.56. The second-order valence-electron chi connectivity index (χ2n) is 7.35. The van der Waals surface area contributed by atoms with Gasteiger partial charge in [-0.1, -0.05) is 6.07 Å². The Hall–Kier alpha value is -2.86. The molecule has 0 bridgehead atoms. The van der Waals surface area contributed by atoms with Crippen molar-refractivity contribution in [3.05, 3.63) is 64.0 Å². The minimum absolute atomic E-state index is 0.0826. The highest BCUT2D eigenvalue weighted by atomic mass is 32.1. The Labute approximate surface area is 167 Å². The van der Waals surface area contributed by atoms with Crippen molar-refractivity contribution in [2.24, 2.45) is 5.92 Å². The van der Waals surface area contributed by atoms with E-state index in [1.54, 1.807) is 0 Å². The molecule has 5 rings (SSSR count). The zero-order chi connectivity index (χ0) is 19.1. The maximum absolute atomic E-state index is 12.6. The highest BCUT2D eigenvalue weighted by Crippen LogP contribution is 2.32. The summed E-state index contributed by atoms with van der Waals surface area (Å²) in [7, 11) is 0. The molecule has 1 aliphatic carbocycles. The average molecular weight is 392 g/mol. The number of rotatable bonds is 4. The Morgan fingerprint density at radius 3 is 2.68 bits per heavy atom. The molecule has 0 saturated heterocycles. The number of carbonyl (C=O) groups is 2. The van der Waals surface area contributed by atoms with Crippen LogP contribution in [0.1, 0.15) is 33.8 Å². The third-order valence-corrected chi connectivity index (χ3v) is 6.13. The second-order valence-corrected chi connectivity index (χ2v) is 8.30. The Bertz CT molecular complexity index is 1020. The minimum Gasteiger partial charge on any atom is -0.461 e. The third-order valence-electron chi connectivity index (χ3n) is 5.27. The molecular formula is C22H20N2O3S. The fourth-order valence-corrected chi connectivity index (χ4v) is 4.20. The van der Waals surface area contributed by atoms with Crippen molar-refractivity contribution in [1.82, 2.24) is 4.90 Å². The molecule has 1 aliphatic heterocycles. The van der Waals surface area contributed by atoms with Gasteiger partial charge in [0.2, 0.25) is 5.91 Å². The molecule has 0 unspecified atom stereocenters. The Morgan fingerprint density at radius 1 is 1.14 bits per heavy atom. The van der Waals surface area contributed by atoms with Crippen LogP contribution in [0.15, 0.2) is 52.3 Å². The molecule has 0 spiro atoms. The molecule has 1 aromatic carbocycles. The smallest absolute Gasteiger partial charge is 0.264 e. The van der Waals surface area contributed by atoms with Crippen molar-refractivity contribution in [1.29, 1.82) is 0 Å². The first-order valence-electron chi connectivity index (χ1n) is 9.53. The molecule has 5 nitrogen and oxygen atoms in total. The fourth-order valence-electron chi connectivity index (χ4n) is 3.51. The zero-order valence-corrected chi connectivity index (χ0v) is 16.1. The number of hydrogen-bond acceptors (Lipinski definition) is 4. The van der Waals surface area contributed by atoms with Gasteiger partial charge in [0.05, 0.1) is 4.88 Å². The Morgan fingerprint density at radius 2 is 1.96 bits per heavy atom. The number of nitrogens with zero attached hydrogens (tertiary/aromatic N) is 1. The largest absolute Gasteiger partial charge is 0.461 e. The van der Waals surface area contributed by atoms with Crippen LogP contribution >= 0.6 is 11.3 Å². The lowest BCUT2D eigenvalue weighted by Crippen LogP contribution is -2.35. The number of benzene rings is 1. The first-order chi connectivity index (χ1) is 13.7. The SMILES string of the molecule is O=C(Nc1ccc(-c2cc3c(o2)CCN(C(=O)c2cccs2)C3)cc1)C1CC1. The van der Waals surface area contributed by atoms with Gasteiger partial charge in [-0.15, -0.1) is 11.3 Å². The van der Waals surface area contributed by atoms with Crippen LogP contribution in [0.5, 0.6) is 0 Å². The second kappa shape index (κ2) is 6.95. The summed E-state index contributed by atoms with van der Waals surface area (Å²) >= 11 is 1.47. The molecular weight excluding hydrogens is 372 g/mol. The first-order valence-corrected chi connectivity index (χ1v) is 10.4. The Kier molecular flexibility index (Phi) is 4.28. The van der Waals surface area contributed by atoms with E-state index < -0.39 is 0 Å². The van der Waals surface area contributed by atoms with Crippen LogP contribution in [0.2, 0.25) is 0 Å². The molecule has 1 saturated carbocycles. The van der Waals surface area contributed by atoms with Crippen molar-refractivity contribution in [3.63, 3.8) is 0 Å². The summed E-state index contributed by atoms with van der Waals surface area (Å²) in [5, 5.41) is 4.88. The van der Waals surface area contributed by atoms with Crippen molar-refractivity contribution in [2.75, 3.05) is 11.9 Å². The first kappa shape index (κ1) is 17.3. The van der Waals surface area contributed by atoms with Crippen LogP contribution in [0.4, 0.5) is 5.69 Å². The van der Waals surface area contributed by atoms with E-state index in [4.69, 9.17) is 4.42 Å². The van der Waals surface area contributed by atoms with E-state index in [1.807, 2.05) is 52.7 Å². The molecule has 3 heterocycles. The van der Waals surface area contributed by atoms with E-state index >= 15 is 0 Å². The van der Waals surface area contributed by atoms with Gasteiger partial charge in [0, 0.05) is 42.2 Å². The number of anilines is 1. The monoisotopic (exact) mass is 392 g/mol. The van der Waals surface area contributed by atoms with E-state index in [0.717, 1.165) is 52.5 Å². The van der Waals surface area contributed by atoms with Gasteiger partial charge in [-0.25, -0.2) is 0 Å². The summed E-state index contributed by atoms with van der Waals surface area (Å²) in [6.07, 6.45) is 2.71. The number of fused-ring (bicyclic) bond motifs is 1. The summed E-state index contributed by atoms with van der Waals surface area (Å²) in [5.74, 6) is 2.14. The van der Waals surface area contributed by atoms with E-state index in [2.05, 4.69) is 5.32 Å². The lowest BCUT2D eigenvalue weighted by Gasteiger charge is -2.25. The molecule has 3 aromatic rings. The predicted molar refractivity (Wildman–Crippen MR) is 108 cm³/mol. The van der Waals surface area contributed by atoms with Gasteiger partial charge in [-0.3, -0.25) is 9.59 Å². The number of hydrogen-bond donors (Lipinski definition) is 1. The van der Waals surface area contributed by atoms with Crippen LogP contribution in [0.3, 0.4) is 0 Å². The van der Waals surface area contributed by atoms with Crippen LogP contribution in [0.25, 0.3) is 11.3 Å². The maximum atomic E-state index is 12.6. The summed E-state index contributed by atoms with van der Waals surface area (Å²) in [6.45, 7) is 1.24. The normalized spacial score (nSPS) is 15.9. The lowest BCUT2D eigenvalue weighted by molar-refractivity contribution is -0.117. The quantitative estimate of drug-likeness (QED) is 0.708. The topological polar surface area (TPSA) is 62.6 Å². The number of carbonyl (C=O) groups excluding carboxylic acids is 2. The Balaban J connectivity index is 1.30. The van der Waals surface area contributed by atoms with Crippen LogP contribution in [0, 0.1) is 5.92 Å². The van der Waals surface area contributed by atoms with Crippen LogP contribution in [-0.2, 0) is 17.8 Å². The summed E-state index contributed by atoms with van der Waals surface area (Å²) in [5.41, 5.74) is 2.84. The molecule has 28 heavy (non-hydrogen) atoms. The summed E-state index contributed by atoms with van der Waals surface area (Å²) in [6, 6.07) is 13.5.